The lowest BCUT2D eigenvalue weighted by molar-refractivity contribution is 0.678. The van der Waals surface area contributed by atoms with Gasteiger partial charge in [0.1, 0.15) is 5.01 Å². The van der Waals surface area contributed by atoms with Crippen molar-refractivity contribution >= 4 is 17.0 Å². The molecule has 1 aromatic carbocycles. The molecule has 1 atom stereocenters. The van der Waals surface area contributed by atoms with Crippen LogP contribution >= 0.6 is 11.3 Å². The van der Waals surface area contributed by atoms with Crippen molar-refractivity contribution in [3.63, 3.8) is 0 Å². The smallest absolute Gasteiger partial charge is 0.114 e. The van der Waals surface area contributed by atoms with E-state index in [2.05, 4.69) is 29.2 Å². The molecular weight excluding hydrogens is 266 g/mol. The summed E-state index contributed by atoms with van der Waals surface area (Å²) in [6.45, 7) is 0. The minimum Gasteiger partial charge on any atom is -0.378 e. The van der Waals surface area contributed by atoms with E-state index in [0.29, 0.717) is 0 Å². The number of hydrogen-bond acceptors (Lipinski definition) is 4. The fourth-order valence-corrected chi connectivity index (χ4v) is 3.81. The highest BCUT2D eigenvalue weighted by atomic mass is 32.1. The molecule has 4 heteroatoms. The minimum atomic E-state index is -0.0955. The molecule has 2 aromatic rings. The van der Waals surface area contributed by atoms with Gasteiger partial charge in [-0.2, -0.15) is 0 Å². The maximum absolute atomic E-state index is 6.39. The van der Waals surface area contributed by atoms with E-state index in [0.717, 1.165) is 17.0 Å². The first-order valence-corrected chi connectivity index (χ1v) is 7.98. The number of rotatable bonds is 3. The zero-order valence-corrected chi connectivity index (χ0v) is 12.9. The van der Waals surface area contributed by atoms with Gasteiger partial charge in [0.2, 0.25) is 0 Å². The average molecular weight is 287 g/mol. The molecule has 1 unspecified atom stereocenters. The molecule has 0 saturated carbocycles. The molecule has 0 saturated heterocycles. The average Bonchev–Trinajstić information content (AvgIpc) is 2.90. The lowest BCUT2D eigenvalue weighted by Gasteiger charge is -2.14. The number of aryl methyl sites for hydroxylation is 2. The van der Waals surface area contributed by atoms with Gasteiger partial charge in [-0.3, -0.25) is 0 Å². The van der Waals surface area contributed by atoms with Crippen molar-refractivity contribution in [3.8, 4) is 0 Å². The fourth-order valence-electron chi connectivity index (χ4n) is 2.63. The van der Waals surface area contributed by atoms with Crippen LogP contribution < -0.4 is 10.6 Å². The lowest BCUT2D eigenvalue weighted by atomic mass is 10.0. The topological polar surface area (TPSA) is 42.1 Å². The summed E-state index contributed by atoms with van der Waals surface area (Å²) in [4.78, 5) is 8.31. The Morgan fingerprint density at radius 2 is 1.85 bits per heavy atom. The zero-order valence-electron chi connectivity index (χ0n) is 12.1. The van der Waals surface area contributed by atoms with Gasteiger partial charge in [0.05, 0.1) is 11.7 Å². The first-order valence-electron chi connectivity index (χ1n) is 7.16. The molecule has 0 amide bonds. The summed E-state index contributed by atoms with van der Waals surface area (Å²) in [6.07, 6.45) is 4.86. The molecule has 0 aliphatic heterocycles. The minimum absolute atomic E-state index is 0.0955. The van der Waals surface area contributed by atoms with E-state index in [1.54, 1.807) is 11.3 Å². The van der Waals surface area contributed by atoms with Crippen LogP contribution in [0, 0.1) is 0 Å². The first kappa shape index (κ1) is 13.6. The van der Waals surface area contributed by atoms with Crippen LogP contribution in [0.1, 0.15) is 40.0 Å². The molecule has 1 heterocycles. The highest BCUT2D eigenvalue weighted by molar-refractivity contribution is 7.11. The van der Waals surface area contributed by atoms with Crippen LogP contribution in [-0.4, -0.2) is 19.1 Å². The molecule has 1 aliphatic carbocycles. The summed E-state index contributed by atoms with van der Waals surface area (Å²) in [5.74, 6) is 0. The van der Waals surface area contributed by atoms with Crippen molar-refractivity contribution in [1.29, 1.82) is 0 Å². The van der Waals surface area contributed by atoms with Crippen LogP contribution in [-0.2, 0) is 12.8 Å². The normalized spacial score (nSPS) is 15.8. The Balaban J connectivity index is 1.84. The molecule has 106 valence electrons. The molecule has 2 N–H and O–H groups in total. The van der Waals surface area contributed by atoms with Gasteiger partial charge in [0.15, 0.2) is 0 Å². The second-order valence-corrected chi connectivity index (χ2v) is 6.71. The number of fused-ring (bicyclic) bond motifs is 1. The summed E-state index contributed by atoms with van der Waals surface area (Å²) in [7, 11) is 4.09. The molecular formula is C16H21N3S. The van der Waals surface area contributed by atoms with Gasteiger partial charge in [-0.1, -0.05) is 12.1 Å². The number of anilines is 1. The van der Waals surface area contributed by atoms with E-state index < -0.39 is 0 Å². The predicted molar refractivity (Wildman–Crippen MR) is 85.6 cm³/mol. The largest absolute Gasteiger partial charge is 0.378 e. The predicted octanol–water partition coefficient (Wildman–Crippen LogP) is 3.14. The lowest BCUT2D eigenvalue weighted by Crippen LogP contribution is -2.13. The fraction of sp³-hybridized carbons (Fsp3) is 0.438. The Hall–Kier alpha value is -1.39. The van der Waals surface area contributed by atoms with Crippen molar-refractivity contribution in [1.82, 2.24) is 4.98 Å². The second kappa shape index (κ2) is 5.54. The molecule has 1 aliphatic rings. The molecule has 0 bridgehead atoms. The summed E-state index contributed by atoms with van der Waals surface area (Å²) >= 11 is 1.80. The SMILES string of the molecule is CN(C)c1ccc(C(N)c2nc3c(s2)CCCC3)cc1. The van der Waals surface area contributed by atoms with Gasteiger partial charge in [-0.05, 0) is 43.4 Å². The zero-order chi connectivity index (χ0) is 14.1. The first-order chi connectivity index (χ1) is 9.65. The van der Waals surface area contributed by atoms with Gasteiger partial charge in [0, 0.05) is 24.7 Å². The Labute approximate surface area is 124 Å². The third kappa shape index (κ3) is 2.58. The van der Waals surface area contributed by atoms with Gasteiger partial charge in [0.25, 0.3) is 0 Å². The quantitative estimate of drug-likeness (QED) is 0.943. The van der Waals surface area contributed by atoms with Crippen molar-refractivity contribution in [2.75, 3.05) is 19.0 Å². The second-order valence-electron chi connectivity index (χ2n) is 5.59. The summed E-state index contributed by atoms with van der Waals surface area (Å²) in [6, 6.07) is 8.36. The van der Waals surface area contributed by atoms with E-state index in [1.165, 1.54) is 35.5 Å². The van der Waals surface area contributed by atoms with E-state index >= 15 is 0 Å². The van der Waals surface area contributed by atoms with Crippen LogP contribution in [0.2, 0.25) is 0 Å². The van der Waals surface area contributed by atoms with Crippen molar-refractivity contribution in [2.24, 2.45) is 5.73 Å². The summed E-state index contributed by atoms with van der Waals surface area (Å²) in [5, 5.41) is 1.06. The summed E-state index contributed by atoms with van der Waals surface area (Å²) < 4.78 is 0. The van der Waals surface area contributed by atoms with E-state index in [4.69, 9.17) is 10.7 Å². The van der Waals surface area contributed by atoms with Crippen LogP contribution in [0.4, 0.5) is 5.69 Å². The molecule has 3 nitrogen and oxygen atoms in total. The molecule has 0 fully saturated rings. The van der Waals surface area contributed by atoms with Gasteiger partial charge in [-0.15, -0.1) is 11.3 Å². The third-order valence-electron chi connectivity index (χ3n) is 3.90. The Morgan fingerprint density at radius 1 is 1.15 bits per heavy atom. The number of aromatic nitrogens is 1. The van der Waals surface area contributed by atoms with Gasteiger partial charge >= 0.3 is 0 Å². The maximum atomic E-state index is 6.39. The maximum Gasteiger partial charge on any atom is 0.114 e. The highest BCUT2D eigenvalue weighted by Gasteiger charge is 2.19. The molecule has 0 spiro atoms. The number of hydrogen-bond donors (Lipinski definition) is 1. The monoisotopic (exact) mass is 287 g/mol. The molecule has 3 rings (SSSR count). The molecule has 0 radical (unpaired) electrons. The van der Waals surface area contributed by atoms with Crippen LogP contribution in [0.5, 0.6) is 0 Å². The number of benzene rings is 1. The van der Waals surface area contributed by atoms with Gasteiger partial charge < -0.3 is 10.6 Å². The standard InChI is InChI=1S/C16H21N3S/c1-19(2)12-9-7-11(8-10-12)15(17)16-18-13-5-3-4-6-14(13)20-16/h7-10,15H,3-6,17H2,1-2H3. The highest BCUT2D eigenvalue weighted by Crippen LogP contribution is 2.31. The van der Waals surface area contributed by atoms with Crippen LogP contribution in [0.15, 0.2) is 24.3 Å². The van der Waals surface area contributed by atoms with Crippen molar-refractivity contribution in [3.05, 3.63) is 45.4 Å². The molecule has 20 heavy (non-hydrogen) atoms. The van der Waals surface area contributed by atoms with Crippen LogP contribution in [0.3, 0.4) is 0 Å². The number of nitrogens with zero attached hydrogens (tertiary/aromatic N) is 2. The number of nitrogens with two attached hydrogens (primary N) is 1. The van der Waals surface area contributed by atoms with Crippen LogP contribution in [0.25, 0.3) is 0 Å². The Kier molecular flexibility index (Phi) is 3.76. The van der Waals surface area contributed by atoms with Crippen molar-refractivity contribution < 1.29 is 0 Å². The molecule has 1 aromatic heterocycles. The van der Waals surface area contributed by atoms with E-state index in [-0.39, 0.29) is 6.04 Å². The van der Waals surface area contributed by atoms with E-state index in [1.807, 2.05) is 14.1 Å². The Bertz CT molecular complexity index is 563. The third-order valence-corrected chi connectivity index (χ3v) is 5.14. The Morgan fingerprint density at radius 3 is 2.50 bits per heavy atom. The summed E-state index contributed by atoms with van der Waals surface area (Å²) in [5.41, 5.74) is 10.0. The van der Waals surface area contributed by atoms with E-state index in [9.17, 15) is 0 Å². The van der Waals surface area contributed by atoms with Gasteiger partial charge in [-0.25, -0.2) is 4.98 Å². The number of thiazole rings is 1. The van der Waals surface area contributed by atoms with Crippen molar-refractivity contribution in [2.45, 2.75) is 31.7 Å².